The van der Waals surface area contributed by atoms with Crippen LogP contribution in [-0.4, -0.2) is 20.8 Å². The minimum absolute atomic E-state index is 0.381. The first-order valence-electron chi connectivity index (χ1n) is 7.46. The van der Waals surface area contributed by atoms with Gasteiger partial charge in [0.1, 0.15) is 18.2 Å². The number of imidazole rings is 1. The number of hydrogen-bond acceptors (Lipinski definition) is 3. The number of nitrogens with zero attached hydrogens (tertiary/aromatic N) is 2. The average molecular weight is 296 g/mol. The lowest BCUT2D eigenvalue weighted by molar-refractivity contribution is 0.171. The highest BCUT2D eigenvalue weighted by molar-refractivity contribution is 5.75. The molecular weight excluding hydrogens is 276 g/mol. The number of aryl methyl sites for hydroxylation is 1. The maximum absolute atomic E-state index is 9.75. The molecule has 1 aromatic heterocycles. The van der Waals surface area contributed by atoms with Crippen LogP contribution in [0.15, 0.2) is 48.5 Å². The van der Waals surface area contributed by atoms with E-state index in [9.17, 15) is 5.11 Å². The van der Waals surface area contributed by atoms with Crippen LogP contribution in [0.2, 0.25) is 0 Å². The van der Waals surface area contributed by atoms with Crippen LogP contribution >= 0.6 is 0 Å². The molecule has 22 heavy (non-hydrogen) atoms. The van der Waals surface area contributed by atoms with E-state index in [1.165, 1.54) is 0 Å². The largest absolute Gasteiger partial charge is 0.485 e. The van der Waals surface area contributed by atoms with Gasteiger partial charge in [-0.25, -0.2) is 4.98 Å². The summed E-state index contributed by atoms with van der Waals surface area (Å²) in [6.07, 6.45) is -0.435. The van der Waals surface area contributed by atoms with E-state index < -0.39 is 6.10 Å². The molecule has 0 aliphatic carbocycles. The zero-order valence-corrected chi connectivity index (χ0v) is 12.9. The van der Waals surface area contributed by atoms with Crippen molar-refractivity contribution >= 4 is 11.0 Å². The van der Waals surface area contributed by atoms with Gasteiger partial charge in [-0.05, 0) is 37.6 Å². The molecule has 1 N–H and O–H groups in total. The second-order valence-electron chi connectivity index (χ2n) is 5.53. The summed E-state index contributed by atoms with van der Waals surface area (Å²) in [5.41, 5.74) is 3.04. The van der Waals surface area contributed by atoms with Gasteiger partial charge in [0.2, 0.25) is 0 Å². The Morgan fingerprint density at radius 2 is 1.86 bits per heavy atom. The highest BCUT2D eigenvalue weighted by Gasteiger charge is 2.13. The number of ether oxygens (including phenoxy) is 1. The zero-order chi connectivity index (χ0) is 15.5. The fourth-order valence-electron chi connectivity index (χ4n) is 2.56. The van der Waals surface area contributed by atoms with Crippen molar-refractivity contribution in [3.63, 3.8) is 0 Å². The third-order valence-electron chi connectivity index (χ3n) is 3.63. The zero-order valence-electron chi connectivity index (χ0n) is 12.9. The van der Waals surface area contributed by atoms with Crippen molar-refractivity contribution in [1.29, 1.82) is 0 Å². The number of para-hydroxylation sites is 3. The summed E-state index contributed by atoms with van der Waals surface area (Å²) < 4.78 is 7.94. The van der Waals surface area contributed by atoms with Crippen LogP contribution < -0.4 is 4.74 Å². The molecule has 0 radical (unpaired) electrons. The van der Waals surface area contributed by atoms with Crippen molar-refractivity contribution in [3.05, 3.63) is 59.9 Å². The van der Waals surface area contributed by atoms with Crippen LogP contribution in [0, 0.1) is 6.92 Å². The van der Waals surface area contributed by atoms with Gasteiger partial charge in [-0.1, -0.05) is 30.3 Å². The molecule has 0 amide bonds. The molecule has 3 rings (SSSR count). The third-order valence-corrected chi connectivity index (χ3v) is 3.63. The number of hydrogen-bond donors (Lipinski definition) is 1. The summed E-state index contributed by atoms with van der Waals surface area (Å²) in [5, 5.41) is 9.75. The normalized spacial score (nSPS) is 12.5. The van der Waals surface area contributed by atoms with Gasteiger partial charge in [0.05, 0.1) is 23.7 Å². The molecule has 0 aliphatic rings. The summed E-state index contributed by atoms with van der Waals surface area (Å²) in [5.74, 6) is 1.68. The minimum atomic E-state index is -0.435. The van der Waals surface area contributed by atoms with Gasteiger partial charge < -0.3 is 14.4 Å². The van der Waals surface area contributed by atoms with Gasteiger partial charge in [0.25, 0.3) is 0 Å². The third kappa shape index (κ3) is 2.97. The predicted molar refractivity (Wildman–Crippen MR) is 86.9 cm³/mol. The molecule has 0 spiro atoms. The van der Waals surface area contributed by atoms with Crippen LogP contribution in [0.25, 0.3) is 11.0 Å². The molecular formula is C18H20N2O2. The Kier molecular flexibility index (Phi) is 4.11. The van der Waals surface area contributed by atoms with E-state index >= 15 is 0 Å². The molecule has 2 aromatic carbocycles. The van der Waals surface area contributed by atoms with Crippen molar-refractivity contribution in [1.82, 2.24) is 9.55 Å². The number of rotatable bonds is 5. The van der Waals surface area contributed by atoms with E-state index in [2.05, 4.69) is 4.98 Å². The lowest BCUT2D eigenvalue weighted by Gasteiger charge is -2.13. The van der Waals surface area contributed by atoms with Gasteiger partial charge in [-0.15, -0.1) is 0 Å². The van der Waals surface area contributed by atoms with E-state index in [0.29, 0.717) is 13.2 Å². The quantitative estimate of drug-likeness (QED) is 0.786. The van der Waals surface area contributed by atoms with Gasteiger partial charge >= 0.3 is 0 Å². The second-order valence-corrected chi connectivity index (χ2v) is 5.53. The van der Waals surface area contributed by atoms with Crippen molar-refractivity contribution in [3.8, 4) is 5.75 Å². The second kappa shape index (κ2) is 6.20. The SMILES string of the molecule is Cc1ccccc1OCc1nc2ccccc2n1CC(C)O. The fourth-order valence-corrected chi connectivity index (χ4v) is 2.56. The van der Waals surface area contributed by atoms with Gasteiger partial charge in [0, 0.05) is 0 Å². The Labute approximate surface area is 130 Å². The molecule has 1 unspecified atom stereocenters. The van der Waals surface area contributed by atoms with Crippen LogP contribution in [0.1, 0.15) is 18.3 Å². The Balaban J connectivity index is 1.91. The fraction of sp³-hybridized carbons (Fsp3) is 0.278. The summed E-state index contributed by atoms with van der Waals surface area (Å²) in [7, 11) is 0. The minimum Gasteiger partial charge on any atom is -0.485 e. The molecule has 1 atom stereocenters. The summed E-state index contributed by atoms with van der Waals surface area (Å²) in [4.78, 5) is 4.64. The summed E-state index contributed by atoms with van der Waals surface area (Å²) in [6, 6.07) is 15.9. The maximum atomic E-state index is 9.75. The monoisotopic (exact) mass is 296 g/mol. The first kappa shape index (κ1) is 14.6. The van der Waals surface area contributed by atoms with E-state index in [1.807, 2.05) is 60.0 Å². The standard InChI is InChI=1S/C18H20N2O2/c1-13-7-3-6-10-17(13)22-12-18-19-15-8-4-5-9-16(15)20(18)11-14(2)21/h3-10,14,21H,11-12H2,1-2H3. The molecule has 4 heteroatoms. The summed E-state index contributed by atoms with van der Waals surface area (Å²) in [6.45, 7) is 4.69. The van der Waals surface area contributed by atoms with Crippen LogP contribution in [-0.2, 0) is 13.2 Å². The number of fused-ring (bicyclic) bond motifs is 1. The van der Waals surface area contributed by atoms with Gasteiger partial charge in [-0.2, -0.15) is 0 Å². The molecule has 4 nitrogen and oxygen atoms in total. The first-order chi connectivity index (χ1) is 10.6. The van der Waals surface area contributed by atoms with Crippen LogP contribution in [0.5, 0.6) is 5.75 Å². The highest BCUT2D eigenvalue weighted by atomic mass is 16.5. The smallest absolute Gasteiger partial charge is 0.148 e. The molecule has 3 aromatic rings. The predicted octanol–water partition coefficient (Wildman–Crippen LogP) is 3.30. The van der Waals surface area contributed by atoms with E-state index in [1.54, 1.807) is 6.92 Å². The maximum Gasteiger partial charge on any atom is 0.148 e. The molecule has 0 saturated heterocycles. The van der Waals surface area contributed by atoms with Crippen LogP contribution in [0.3, 0.4) is 0 Å². The van der Waals surface area contributed by atoms with E-state index in [4.69, 9.17) is 4.74 Å². The van der Waals surface area contributed by atoms with E-state index in [-0.39, 0.29) is 0 Å². The van der Waals surface area contributed by atoms with Crippen molar-refractivity contribution in [2.24, 2.45) is 0 Å². The van der Waals surface area contributed by atoms with Crippen molar-refractivity contribution in [2.75, 3.05) is 0 Å². The number of benzene rings is 2. The molecule has 1 heterocycles. The van der Waals surface area contributed by atoms with Gasteiger partial charge in [-0.3, -0.25) is 0 Å². The average Bonchev–Trinajstić information content (AvgIpc) is 2.84. The lowest BCUT2D eigenvalue weighted by Crippen LogP contribution is -2.15. The molecule has 0 fully saturated rings. The van der Waals surface area contributed by atoms with Gasteiger partial charge in [0.15, 0.2) is 0 Å². The van der Waals surface area contributed by atoms with E-state index in [0.717, 1.165) is 28.2 Å². The Morgan fingerprint density at radius 3 is 2.64 bits per heavy atom. The lowest BCUT2D eigenvalue weighted by atomic mass is 10.2. The Hall–Kier alpha value is -2.33. The van der Waals surface area contributed by atoms with Crippen LogP contribution in [0.4, 0.5) is 0 Å². The molecule has 114 valence electrons. The molecule has 0 aliphatic heterocycles. The number of aliphatic hydroxyl groups is 1. The topological polar surface area (TPSA) is 47.3 Å². The first-order valence-corrected chi connectivity index (χ1v) is 7.46. The Morgan fingerprint density at radius 1 is 1.14 bits per heavy atom. The Bertz CT molecular complexity index is 778. The number of aromatic nitrogens is 2. The molecule has 0 bridgehead atoms. The van der Waals surface area contributed by atoms with Crippen molar-refractivity contribution < 1.29 is 9.84 Å². The molecule has 0 saturated carbocycles. The van der Waals surface area contributed by atoms with Crippen molar-refractivity contribution in [2.45, 2.75) is 33.1 Å². The summed E-state index contributed by atoms with van der Waals surface area (Å²) >= 11 is 0. The number of aliphatic hydroxyl groups excluding tert-OH is 1. The highest BCUT2D eigenvalue weighted by Crippen LogP contribution is 2.21.